The molecule has 6 heteroatoms. The van der Waals surface area contributed by atoms with Crippen LogP contribution in [0.4, 0.5) is 0 Å². The summed E-state index contributed by atoms with van der Waals surface area (Å²) >= 11 is 4.99. The van der Waals surface area contributed by atoms with Crippen LogP contribution in [0.15, 0.2) is 46.3 Å². The molecule has 0 atom stereocenters. The number of rotatable bonds is 3. The first-order chi connectivity index (χ1) is 10.7. The number of thiophene rings is 1. The third kappa shape index (κ3) is 2.86. The zero-order chi connectivity index (χ0) is 15.5. The van der Waals surface area contributed by atoms with Crippen LogP contribution in [0.5, 0.6) is 0 Å². The molecule has 2 aromatic heterocycles. The van der Waals surface area contributed by atoms with Gasteiger partial charge in [-0.1, -0.05) is 30.3 Å². The smallest absolute Gasteiger partial charge is 0.174 e. The van der Waals surface area contributed by atoms with Gasteiger partial charge in [0.25, 0.3) is 0 Å². The number of allylic oxidation sites excluding steroid dienone is 1. The lowest BCUT2D eigenvalue weighted by atomic mass is 10.2. The van der Waals surface area contributed by atoms with Crippen molar-refractivity contribution in [2.75, 3.05) is 0 Å². The second-order valence-corrected chi connectivity index (χ2v) is 7.08. The second-order valence-electron chi connectivity index (χ2n) is 4.58. The summed E-state index contributed by atoms with van der Waals surface area (Å²) in [6.07, 6.45) is 1.83. The van der Waals surface area contributed by atoms with Crippen molar-refractivity contribution < 1.29 is 0 Å². The Hall–Kier alpha value is -2.23. The molecule has 0 radical (unpaired) electrons. The molecule has 4 nitrogen and oxygen atoms in total. The van der Waals surface area contributed by atoms with Crippen molar-refractivity contribution in [1.82, 2.24) is 14.8 Å². The summed E-state index contributed by atoms with van der Waals surface area (Å²) in [5.74, 6) is 1.30. The van der Waals surface area contributed by atoms with E-state index in [0.717, 1.165) is 20.1 Å². The molecular weight excluding hydrogens is 360 g/mol. The molecule has 0 aliphatic carbocycles. The standard InChI is InChI=1S/C16H11BrN4S/c1-21-15(11-5-3-2-4-6-11)19-20-16(21)12(10-18)9-13-7-8-14(17)22-13/h2-9H,1H3/b12-9-. The quantitative estimate of drug-likeness (QED) is 0.643. The Bertz CT molecular complexity index is 871. The van der Waals surface area contributed by atoms with E-state index >= 15 is 0 Å². The maximum atomic E-state index is 9.45. The van der Waals surface area contributed by atoms with Gasteiger partial charge in [-0.3, -0.25) is 0 Å². The van der Waals surface area contributed by atoms with Gasteiger partial charge in [0, 0.05) is 17.5 Å². The Morgan fingerprint density at radius 1 is 1.23 bits per heavy atom. The van der Waals surface area contributed by atoms with Crippen molar-refractivity contribution >= 4 is 38.9 Å². The molecule has 1 aromatic carbocycles. The Balaban J connectivity index is 2.03. The lowest BCUT2D eigenvalue weighted by Crippen LogP contribution is -1.98. The van der Waals surface area contributed by atoms with Crippen molar-refractivity contribution in [1.29, 1.82) is 5.26 Å². The lowest BCUT2D eigenvalue weighted by molar-refractivity contribution is 0.901. The van der Waals surface area contributed by atoms with Crippen LogP contribution in [-0.2, 0) is 7.05 Å². The third-order valence-corrected chi connectivity index (χ3v) is 4.72. The van der Waals surface area contributed by atoms with Gasteiger partial charge in [0.1, 0.15) is 6.07 Å². The largest absolute Gasteiger partial charge is 0.310 e. The molecule has 0 aliphatic rings. The van der Waals surface area contributed by atoms with E-state index in [9.17, 15) is 5.26 Å². The maximum absolute atomic E-state index is 9.45. The number of nitriles is 1. The molecule has 3 rings (SSSR count). The molecule has 0 saturated carbocycles. The zero-order valence-electron chi connectivity index (χ0n) is 11.7. The summed E-state index contributed by atoms with van der Waals surface area (Å²) < 4.78 is 2.87. The van der Waals surface area contributed by atoms with Crippen LogP contribution >= 0.6 is 27.3 Å². The van der Waals surface area contributed by atoms with Crippen molar-refractivity contribution in [3.63, 3.8) is 0 Å². The van der Waals surface area contributed by atoms with Gasteiger partial charge in [0.15, 0.2) is 11.6 Å². The van der Waals surface area contributed by atoms with Gasteiger partial charge in [-0.05, 0) is 34.1 Å². The predicted molar refractivity (Wildman–Crippen MR) is 91.9 cm³/mol. The molecule has 0 bridgehead atoms. The molecule has 108 valence electrons. The van der Waals surface area contributed by atoms with Gasteiger partial charge >= 0.3 is 0 Å². The minimum Gasteiger partial charge on any atom is -0.310 e. The molecular formula is C16H11BrN4S. The van der Waals surface area contributed by atoms with Crippen molar-refractivity contribution in [2.45, 2.75) is 0 Å². The highest BCUT2D eigenvalue weighted by molar-refractivity contribution is 9.11. The van der Waals surface area contributed by atoms with Crippen molar-refractivity contribution in [3.05, 3.63) is 57.0 Å². The first-order valence-corrected chi connectivity index (χ1v) is 8.12. The summed E-state index contributed by atoms with van der Waals surface area (Å²) in [6, 6.07) is 15.9. The van der Waals surface area contributed by atoms with Gasteiger partial charge in [-0.2, -0.15) is 5.26 Å². The van der Waals surface area contributed by atoms with Gasteiger partial charge in [0.2, 0.25) is 0 Å². The van der Waals surface area contributed by atoms with Gasteiger partial charge in [0.05, 0.1) is 9.36 Å². The molecule has 0 aliphatic heterocycles. The van der Waals surface area contributed by atoms with Crippen LogP contribution in [0.3, 0.4) is 0 Å². The van der Waals surface area contributed by atoms with E-state index in [-0.39, 0.29) is 0 Å². The molecule has 0 N–H and O–H groups in total. The van der Waals surface area contributed by atoms with E-state index in [1.54, 1.807) is 11.3 Å². The number of hydrogen-bond donors (Lipinski definition) is 0. The Morgan fingerprint density at radius 3 is 2.64 bits per heavy atom. The van der Waals surface area contributed by atoms with Gasteiger partial charge < -0.3 is 4.57 Å². The fourth-order valence-electron chi connectivity index (χ4n) is 2.10. The topological polar surface area (TPSA) is 54.5 Å². The van der Waals surface area contributed by atoms with E-state index in [4.69, 9.17) is 0 Å². The highest BCUT2D eigenvalue weighted by atomic mass is 79.9. The number of aromatic nitrogens is 3. The van der Waals surface area contributed by atoms with E-state index < -0.39 is 0 Å². The van der Waals surface area contributed by atoms with Crippen molar-refractivity contribution in [2.24, 2.45) is 7.05 Å². The van der Waals surface area contributed by atoms with Crippen LogP contribution in [-0.4, -0.2) is 14.8 Å². The van der Waals surface area contributed by atoms with Crippen molar-refractivity contribution in [3.8, 4) is 17.5 Å². The fraction of sp³-hybridized carbons (Fsp3) is 0.0625. The molecule has 2 heterocycles. The monoisotopic (exact) mass is 370 g/mol. The van der Waals surface area contributed by atoms with Crippen LogP contribution in [0, 0.1) is 11.3 Å². The Labute approximate surface area is 140 Å². The Kier molecular flexibility index (Phi) is 4.18. The molecule has 0 fully saturated rings. The summed E-state index contributed by atoms with van der Waals surface area (Å²) in [5, 5.41) is 17.8. The normalized spacial score (nSPS) is 11.4. The highest BCUT2D eigenvalue weighted by Gasteiger charge is 2.14. The average molecular weight is 371 g/mol. The van der Waals surface area contributed by atoms with Gasteiger partial charge in [-0.25, -0.2) is 0 Å². The zero-order valence-corrected chi connectivity index (χ0v) is 14.1. The molecule has 0 amide bonds. The van der Waals surface area contributed by atoms with E-state index in [2.05, 4.69) is 32.2 Å². The first-order valence-electron chi connectivity index (χ1n) is 6.51. The second kappa shape index (κ2) is 6.26. The van der Waals surface area contributed by atoms with Crippen LogP contribution < -0.4 is 0 Å². The maximum Gasteiger partial charge on any atom is 0.174 e. The third-order valence-electron chi connectivity index (χ3n) is 3.15. The van der Waals surface area contributed by atoms with Crippen LogP contribution in [0.1, 0.15) is 10.7 Å². The van der Waals surface area contributed by atoms with Crippen LogP contribution in [0.2, 0.25) is 0 Å². The number of nitrogens with zero attached hydrogens (tertiary/aromatic N) is 4. The SMILES string of the molecule is Cn1c(/C(C#N)=C\c2ccc(Br)s2)nnc1-c1ccccc1. The lowest BCUT2D eigenvalue weighted by Gasteiger charge is -2.02. The van der Waals surface area contributed by atoms with E-state index in [0.29, 0.717) is 11.4 Å². The van der Waals surface area contributed by atoms with Crippen LogP contribution in [0.25, 0.3) is 23.0 Å². The van der Waals surface area contributed by atoms with E-state index in [1.165, 1.54) is 0 Å². The summed E-state index contributed by atoms with van der Waals surface area (Å²) in [6.45, 7) is 0. The van der Waals surface area contributed by atoms with E-state index in [1.807, 2.05) is 60.2 Å². The molecule has 0 spiro atoms. The summed E-state index contributed by atoms with van der Waals surface area (Å²) in [4.78, 5) is 0.993. The minimum absolute atomic E-state index is 0.492. The Morgan fingerprint density at radius 2 is 2.00 bits per heavy atom. The highest BCUT2D eigenvalue weighted by Crippen LogP contribution is 2.27. The molecule has 0 unspecified atom stereocenters. The fourth-order valence-corrected chi connectivity index (χ4v) is 3.46. The summed E-state index contributed by atoms with van der Waals surface area (Å²) in [7, 11) is 1.87. The molecule has 3 aromatic rings. The number of halogens is 1. The molecule has 0 saturated heterocycles. The molecule has 22 heavy (non-hydrogen) atoms. The number of hydrogen-bond acceptors (Lipinski definition) is 4. The average Bonchev–Trinajstić information content (AvgIpc) is 3.12. The van der Waals surface area contributed by atoms with Gasteiger partial charge in [-0.15, -0.1) is 21.5 Å². The minimum atomic E-state index is 0.492. The predicted octanol–water partition coefficient (Wildman–Crippen LogP) is 4.37. The first kappa shape index (κ1) is 14.7. The summed E-state index contributed by atoms with van der Waals surface area (Å²) in [5.41, 5.74) is 1.46. The number of benzene rings is 1.